The van der Waals surface area contributed by atoms with Gasteiger partial charge < -0.3 is 0 Å². The number of Topliss-reactive ketones (excluding diaryl/α,β-unsaturated/α-hetero) is 1. The number of hydrogen-bond acceptors (Lipinski definition) is 5. The molecule has 0 saturated heterocycles. The molecule has 0 heterocycles. The number of rotatable bonds is 6. The van der Waals surface area contributed by atoms with Crippen LogP contribution >= 0.6 is 0 Å². The molecule has 0 bridgehead atoms. The molecule has 24 heavy (non-hydrogen) atoms. The minimum absolute atomic E-state index is 0.0202. The highest BCUT2D eigenvalue weighted by atomic mass is 16.6. The van der Waals surface area contributed by atoms with Crippen molar-refractivity contribution in [2.45, 2.75) is 12.3 Å². The summed E-state index contributed by atoms with van der Waals surface area (Å²) in [5.41, 5.74) is 0.954. The fourth-order valence-electron chi connectivity index (χ4n) is 2.42. The van der Waals surface area contributed by atoms with Crippen LogP contribution in [-0.4, -0.2) is 10.7 Å². The zero-order valence-corrected chi connectivity index (χ0v) is 12.6. The number of carbonyl (C=O) groups excluding carboxylic acids is 1. The summed E-state index contributed by atoms with van der Waals surface area (Å²) in [6.07, 6.45) is -0.0202. The molecule has 0 aliphatic rings. The molecule has 0 amide bonds. The highest BCUT2D eigenvalue weighted by Gasteiger charge is 2.26. The van der Waals surface area contributed by atoms with E-state index in [4.69, 9.17) is 0 Å². The van der Waals surface area contributed by atoms with Crippen LogP contribution in [0, 0.1) is 38.7 Å². The van der Waals surface area contributed by atoms with Crippen molar-refractivity contribution in [1.82, 2.24) is 0 Å². The van der Waals surface area contributed by atoms with Gasteiger partial charge in [0, 0.05) is 30.0 Å². The summed E-state index contributed by atoms with van der Waals surface area (Å²) in [6, 6.07) is 18.1. The highest BCUT2D eigenvalue weighted by molar-refractivity contribution is 5.96. The number of nitrogens with zero attached hydrogens (tertiary/aromatic N) is 3. The van der Waals surface area contributed by atoms with Gasteiger partial charge in [-0.15, -0.1) is 0 Å². The molecular formula is C18H13N3O3. The van der Waals surface area contributed by atoms with Crippen LogP contribution in [0.15, 0.2) is 54.6 Å². The van der Waals surface area contributed by atoms with Crippen molar-refractivity contribution in [3.8, 4) is 12.1 Å². The lowest BCUT2D eigenvalue weighted by atomic mass is 9.83. The molecule has 0 aromatic heterocycles. The maximum Gasteiger partial charge on any atom is 0.269 e. The fraction of sp³-hybridized carbons (Fsp3) is 0.167. The smallest absolute Gasteiger partial charge is 0.269 e. The van der Waals surface area contributed by atoms with Crippen molar-refractivity contribution < 1.29 is 9.72 Å². The van der Waals surface area contributed by atoms with Crippen LogP contribution in [0.2, 0.25) is 0 Å². The minimum Gasteiger partial charge on any atom is -0.294 e. The second-order valence-electron chi connectivity index (χ2n) is 5.18. The summed E-state index contributed by atoms with van der Waals surface area (Å²) >= 11 is 0. The third-order valence-corrected chi connectivity index (χ3v) is 3.71. The third kappa shape index (κ3) is 3.82. The predicted molar refractivity (Wildman–Crippen MR) is 85.9 cm³/mol. The van der Waals surface area contributed by atoms with E-state index in [0.717, 1.165) is 5.56 Å². The Bertz CT molecular complexity index is 803. The number of benzene rings is 2. The average Bonchev–Trinajstić information content (AvgIpc) is 2.62. The van der Waals surface area contributed by atoms with Crippen LogP contribution in [0.25, 0.3) is 0 Å². The van der Waals surface area contributed by atoms with E-state index in [1.165, 1.54) is 24.3 Å². The maximum atomic E-state index is 12.5. The van der Waals surface area contributed by atoms with E-state index in [2.05, 4.69) is 0 Å². The predicted octanol–water partition coefficient (Wildman–Crippen LogP) is 3.61. The molecule has 0 aliphatic carbocycles. The molecular weight excluding hydrogens is 306 g/mol. The van der Waals surface area contributed by atoms with Gasteiger partial charge in [0.25, 0.3) is 5.69 Å². The maximum absolute atomic E-state index is 12.5. The first-order valence-corrected chi connectivity index (χ1v) is 7.18. The van der Waals surface area contributed by atoms with Gasteiger partial charge in [-0.2, -0.15) is 10.5 Å². The Morgan fingerprint density at radius 3 is 2.12 bits per heavy atom. The lowest BCUT2D eigenvalue weighted by molar-refractivity contribution is -0.384. The zero-order valence-electron chi connectivity index (χ0n) is 12.6. The largest absolute Gasteiger partial charge is 0.294 e. The number of non-ortho nitro benzene ring substituents is 1. The van der Waals surface area contributed by atoms with Crippen LogP contribution in [0.4, 0.5) is 5.69 Å². The molecule has 0 radical (unpaired) electrons. The molecule has 2 aromatic carbocycles. The van der Waals surface area contributed by atoms with Crippen molar-refractivity contribution >= 4 is 11.5 Å². The molecule has 0 aliphatic heterocycles. The van der Waals surface area contributed by atoms with Crippen LogP contribution in [0.1, 0.15) is 28.3 Å². The monoisotopic (exact) mass is 319 g/mol. The lowest BCUT2D eigenvalue weighted by Gasteiger charge is -2.17. The summed E-state index contributed by atoms with van der Waals surface area (Å²) in [5.74, 6) is -1.77. The van der Waals surface area contributed by atoms with Crippen LogP contribution in [-0.2, 0) is 0 Å². The van der Waals surface area contributed by atoms with Gasteiger partial charge in [-0.05, 0) is 17.7 Å². The quantitative estimate of drug-likeness (QED) is 0.459. The van der Waals surface area contributed by atoms with E-state index >= 15 is 0 Å². The molecule has 0 saturated carbocycles. The van der Waals surface area contributed by atoms with Crippen molar-refractivity contribution in [2.75, 3.05) is 0 Å². The Hall–Kier alpha value is -3.51. The molecule has 0 N–H and O–H groups in total. The first-order chi connectivity index (χ1) is 11.6. The second-order valence-corrected chi connectivity index (χ2v) is 5.18. The second kappa shape index (κ2) is 7.66. The molecule has 2 aromatic rings. The van der Waals surface area contributed by atoms with Crippen molar-refractivity contribution in [3.63, 3.8) is 0 Å². The summed E-state index contributed by atoms with van der Waals surface area (Å²) in [7, 11) is 0. The molecule has 0 spiro atoms. The number of hydrogen-bond donors (Lipinski definition) is 0. The topological polar surface area (TPSA) is 108 Å². The Labute approximate surface area is 138 Å². The van der Waals surface area contributed by atoms with E-state index in [-0.39, 0.29) is 17.9 Å². The Kier molecular flexibility index (Phi) is 5.38. The molecule has 0 unspecified atom stereocenters. The van der Waals surface area contributed by atoms with Gasteiger partial charge >= 0.3 is 0 Å². The van der Waals surface area contributed by atoms with Gasteiger partial charge in [-0.1, -0.05) is 30.3 Å². The SMILES string of the molecule is N#CC(C#N)[C@H](CC(=O)c1ccc([N+](=O)[O-])cc1)c1ccccc1. The van der Waals surface area contributed by atoms with Crippen molar-refractivity contribution in [1.29, 1.82) is 10.5 Å². The molecule has 6 heteroatoms. The first kappa shape index (κ1) is 16.9. The summed E-state index contributed by atoms with van der Waals surface area (Å²) in [6.45, 7) is 0. The summed E-state index contributed by atoms with van der Waals surface area (Å²) in [5, 5.41) is 29.0. The highest BCUT2D eigenvalue weighted by Crippen LogP contribution is 2.29. The average molecular weight is 319 g/mol. The number of nitriles is 2. The molecule has 1 atom stereocenters. The molecule has 0 fully saturated rings. The first-order valence-electron chi connectivity index (χ1n) is 7.18. The Balaban J connectivity index is 2.26. The molecule has 118 valence electrons. The van der Waals surface area contributed by atoms with Gasteiger partial charge in [0.05, 0.1) is 17.1 Å². The van der Waals surface area contributed by atoms with Gasteiger partial charge in [-0.3, -0.25) is 14.9 Å². The normalized spacial score (nSPS) is 11.3. The van der Waals surface area contributed by atoms with E-state index in [1.54, 1.807) is 24.3 Å². The third-order valence-electron chi connectivity index (χ3n) is 3.71. The van der Waals surface area contributed by atoms with Gasteiger partial charge in [0.15, 0.2) is 5.78 Å². The fourth-order valence-corrected chi connectivity index (χ4v) is 2.42. The summed E-state index contributed by atoms with van der Waals surface area (Å²) < 4.78 is 0. The number of nitro benzene ring substituents is 1. The van der Waals surface area contributed by atoms with Gasteiger partial charge in [0.2, 0.25) is 0 Å². The van der Waals surface area contributed by atoms with Crippen LogP contribution in [0.5, 0.6) is 0 Å². The van der Waals surface area contributed by atoms with E-state index in [1.807, 2.05) is 18.2 Å². The van der Waals surface area contributed by atoms with E-state index < -0.39 is 16.8 Å². The van der Waals surface area contributed by atoms with Crippen LogP contribution < -0.4 is 0 Å². The van der Waals surface area contributed by atoms with E-state index in [0.29, 0.717) is 5.56 Å². The van der Waals surface area contributed by atoms with Crippen LogP contribution in [0.3, 0.4) is 0 Å². The Morgan fingerprint density at radius 1 is 1.04 bits per heavy atom. The Morgan fingerprint density at radius 2 is 1.62 bits per heavy atom. The van der Waals surface area contributed by atoms with Gasteiger partial charge in [0.1, 0.15) is 5.92 Å². The molecule has 6 nitrogen and oxygen atoms in total. The van der Waals surface area contributed by atoms with Crippen molar-refractivity contribution in [2.24, 2.45) is 5.92 Å². The van der Waals surface area contributed by atoms with Crippen molar-refractivity contribution in [3.05, 3.63) is 75.8 Å². The number of nitro groups is 1. The standard InChI is InChI=1S/C18H13N3O3/c19-11-15(12-20)17(13-4-2-1-3-5-13)10-18(22)14-6-8-16(9-7-14)21(23)24/h1-9,15,17H,10H2/t17-/m1/s1. The minimum atomic E-state index is -0.950. The molecule has 2 rings (SSSR count). The summed E-state index contributed by atoms with van der Waals surface area (Å²) in [4.78, 5) is 22.6. The van der Waals surface area contributed by atoms with E-state index in [9.17, 15) is 25.4 Å². The number of ketones is 1. The zero-order chi connectivity index (χ0) is 17.5. The lowest BCUT2D eigenvalue weighted by Crippen LogP contribution is -2.15. The number of carbonyl (C=O) groups is 1. The van der Waals surface area contributed by atoms with Gasteiger partial charge in [-0.25, -0.2) is 0 Å².